The fourth-order valence-electron chi connectivity index (χ4n) is 2.44. The first-order valence-corrected chi connectivity index (χ1v) is 9.55. The fraction of sp³-hybridized carbons (Fsp3) is 0.238. The minimum atomic E-state index is -1.43. The lowest BCUT2D eigenvalue weighted by Gasteiger charge is -2.17. The molecule has 2 N–H and O–H groups in total. The number of ether oxygens (including phenoxy) is 3. The second-order valence-corrected chi connectivity index (χ2v) is 6.49. The molecule has 0 saturated heterocycles. The topological polar surface area (TPSA) is 163 Å². The number of hydrogen-bond donors (Lipinski definition) is 2. The van der Waals surface area contributed by atoms with E-state index in [-0.39, 0.29) is 18.0 Å². The summed E-state index contributed by atoms with van der Waals surface area (Å²) in [5.41, 5.74) is 0.545. The number of methoxy groups -OCH3 is 1. The lowest BCUT2D eigenvalue weighted by Crippen LogP contribution is -2.48. The Morgan fingerprint density at radius 2 is 1.70 bits per heavy atom. The number of nitro benzene ring substituents is 1. The molecule has 2 amide bonds. The van der Waals surface area contributed by atoms with Crippen LogP contribution in [0.3, 0.4) is 0 Å². The second-order valence-electron chi connectivity index (χ2n) is 6.49. The van der Waals surface area contributed by atoms with E-state index in [1.54, 1.807) is 24.3 Å². The van der Waals surface area contributed by atoms with Gasteiger partial charge in [-0.3, -0.25) is 19.7 Å². The summed E-state index contributed by atoms with van der Waals surface area (Å²) in [6, 6.07) is 12.1. The van der Waals surface area contributed by atoms with Gasteiger partial charge in [0.1, 0.15) is 24.9 Å². The number of hydrogen-bond acceptors (Lipinski definition) is 9. The first-order chi connectivity index (χ1) is 15.8. The third kappa shape index (κ3) is 8.65. The first-order valence-electron chi connectivity index (χ1n) is 9.55. The molecule has 1 atom stereocenters. The number of alkyl carbamates (subject to hydrolysis) is 1. The molecule has 0 aromatic heterocycles. The number of esters is 2. The van der Waals surface area contributed by atoms with Gasteiger partial charge in [0.2, 0.25) is 5.91 Å². The summed E-state index contributed by atoms with van der Waals surface area (Å²) >= 11 is 0. The van der Waals surface area contributed by atoms with Gasteiger partial charge in [-0.05, 0) is 17.7 Å². The van der Waals surface area contributed by atoms with Crippen LogP contribution in [-0.2, 0) is 30.5 Å². The predicted molar refractivity (Wildman–Crippen MR) is 112 cm³/mol. The number of amides is 2. The Hall–Kier alpha value is -4.48. The summed E-state index contributed by atoms with van der Waals surface area (Å²) in [4.78, 5) is 58.0. The summed E-state index contributed by atoms with van der Waals surface area (Å²) in [6.45, 7) is -0.531. The molecule has 12 nitrogen and oxygen atoms in total. The number of nitro groups is 1. The van der Waals surface area contributed by atoms with E-state index in [1.165, 1.54) is 12.1 Å². The number of benzene rings is 2. The molecular weight excluding hydrogens is 438 g/mol. The molecule has 12 heteroatoms. The summed E-state index contributed by atoms with van der Waals surface area (Å²) < 4.78 is 14.6. The molecule has 0 aliphatic rings. The van der Waals surface area contributed by atoms with Crippen molar-refractivity contribution in [2.45, 2.75) is 19.1 Å². The maximum atomic E-state index is 12.4. The van der Waals surface area contributed by atoms with E-state index in [0.717, 1.165) is 24.8 Å². The Morgan fingerprint density at radius 1 is 1.03 bits per heavy atom. The van der Waals surface area contributed by atoms with Gasteiger partial charge in [0.15, 0.2) is 0 Å². The largest absolute Gasteiger partial charge is 0.469 e. The van der Waals surface area contributed by atoms with E-state index in [9.17, 15) is 29.3 Å². The molecular formula is C21H21N3O9. The van der Waals surface area contributed by atoms with Gasteiger partial charge in [-0.25, -0.2) is 9.59 Å². The lowest BCUT2D eigenvalue weighted by atomic mass is 10.2. The number of carbonyl (C=O) groups excluding carboxylic acids is 4. The van der Waals surface area contributed by atoms with Gasteiger partial charge < -0.3 is 24.8 Å². The standard InChI is InChI=1S/C21H21N3O9/c1-31-19(26)11-17(20(27)33-16-9-7-15(8-10-16)24(29)30)23-18(25)12-22-21(28)32-13-14-5-3-2-4-6-14/h2-10,17H,11-13H2,1H3,(H,22,28)(H,23,25)/t17-/m1/s1. The molecule has 0 aliphatic carbocycles. The zero-order valence-electron chi connectivity index (χ0n) is 17.5. The van der Waals surface area contributed by atoms with E-state index in [4.69, 9.17) is 9.47 Å². The van der Waals surface area contributed by atoms with Crippen molar-refractivity contribution in [2.24, 2.45) is 0 Å². The van der Waals surface area contributed by atoms with Crippen LogP contribution in [0.15, 0.2) is 54.6 Å². The van der Waals surface area contributed by atoms with Crippen molar-refractivity contribution in [2.75, 3.05) is 13.7 Å². The molecule has 0 fully saturated rings. The first kappa shape index (κ1) is 24.8. The highest BCUT2D eigenvalue weighted by molar-refractivity contribution is 5.90. The number of nitrogens with zero attached hydrogens (tertiary/aromatic N) is 1. The van der Waals surface area contributed by atoms with Crippen LogP contribution in [0.25, 0.3) is 0 Å². The smallest absolute Gasteiger partial charge is 0.407 e. The van der Waals surface area contributed by atoms with Crippen LogP contribution in [0.1, 0.15) is 12.0 Å². The molecule has 0 bridgehead atoms. The van der Waals surface area contributed by atoms with Crippen LogP contribution in [0, 0.1) is 10.1 Å². The molecule has 2 aromatic rings. The van der Waals surface area contributed by atoms with Crippen molar-refractivity contribution in [3.8, 4) is 5.75 Å². The average Bonchev–Trinajstić information content (AvgIpc) is 2.81. The van der Waals surface area contributed by atoms with E-state index in [0.29, 0.717) is 0 Å². The van der Waals surface area contributed by atoms with Gasteiger partial charge in [0.05, 0.1) is 18.5 Å². The maximum Gasteiger partial charge on any atom is 0.407 e. The highest BCUT2D eigenvalue weighted by atomic mass is 16.6. The Balaban J connectivity index is 1.89. The normalized spacial score (nSPS) is 10.9. The highest BCUT2D eigenvalue weighted by Gasteiger charge is 2.26. The van der Waals surface area contributed by atoms with E-state index < -0.39 is 47.9 Å². The van der Waals surface area contributed by atoms with Crippen LogP contribution < -0.4 is 15.4 Å². The van der Waals surface area contributed by atoms with Crippen molar-refractivity contribution in [1.29, 1.82) is 0 Å². The molecule has 0 unspecified atom stereocenters. The molecule has 0 spiro atoms. The fourth-order valence-corrected chi connectivity index (χ4v) is 2.44. The summed E-state index contributed by atoms with van der Waals surface area (Å²) in [6.07, 6.45) is -1.39. The minimum Gasteiger partial charge on any atom is -0.469 e. The van der Waals surface area contributed by atoms with Crippen LogP contribution in [0.4, 0.5) is 10.5 Å². The van der Waals surface area contributed by atoms with E-state index in [2.05, 4.69) is 15.4 Å². The number of non-ortho nitro benzene ring substituents is 1. The summed E-state index contributed by atoms with van der Waals surface area (Å²) in [5.74, 6) is -2.62. The maximum absolute atomic E-state index is 12.4. The molecule has 0 heterocycles. The van der Waals surface area contributed by atoms with Gasteiger partial charge in [-0.2, -0.15) is 0 Å². The number of nitrogens with one attached hydrogen (secondary N) is 2. The highest BCUT2D eigenvalue weighted by Crippen LogP contribution is 2.18. The van der Waals surface area contributed by atoms with Crippen molar-refractivity contribution in [1.82, 2.24) is 10.6 Å². The van der Waals surface area contributed by atoms with Crippen molar-refractivity contribution in [3.63, 3.8) is 0 Å². The zero-order valence-corrected chi connectivity index (χ0v) is 17.5. The van der Waals surface area contributed by atoms with Crippen LogP contribution in [0.5, 0.6) is 5.75 Å². The predicted octanol–water partition coefficient (Wildman–Crippen LogP) is 1.47. The lowest BCUT2D eigenvalue weighted by molar-refractivity contribution is -0.384. The van der Waals surface area contributed by atoms with Gasteiger partial charge in [0.25, 0.3) is 5.69 Å². The van der Waals surface area contributed by atoms with E-state index >= 15 is 0 Å². The Kier molecular flexibility index (Phi) is 9.31. The zero-order chi connectivity index (χ0) is 24.2. The Labute approximate surface area is 188 Å². The third-order valence-corrected chi connectivity index (χ3v) is 4.09. The number of rotatable bonds is 10. The monoisotopic (exact) mass is 459 g/mol. The molecule has 0 saturated carbocycles. The quantitative estimate of drug-likeness (QED) is 0.232. The van der Waals surface area contributed by atoms with Gasteiger partial charge in [-0.15, -0.1) is 0 Å². The van der Waals surface area contributed by atoms with Crippen LogP contribution in [0.2, 0.25) is 0 Å². The third-order valence-electron chi connectivity index (χ3n) is 4.09. The summed E-state index contributed by atoms with van der Waals surface area (Å²) in [5, 5.41) is 15.2. The number of carbonyl (C=O) groups is 4. The Morgan fingerprint density at radius 3 is 2.30 bits per heavy atom. The molecule has 174 valence electrons. The van der Waals surface area contributed by atoms with Crippen molar-refractivity contribution >= 4 is 29.6 Å². The van der Waals surface area contributed by atoms with E-state index in [1.807, 2.05) is 6.07 Å². The molecule has 2 aromatic carbocycles. The molecule has 33 heavy (non-hydrogen) atoms. The van der Waals surface area contributed by atoms with Gasteiger partial charge in [-0.1, -0.05) is 30.3 Å². The Bertz CT molecular complexity index is 994. The molecule has 0 radical (unpaired) electrons. The SMILES string of the molecule is COC(=O)C[C@@H](NC(=O)CNC(=O)OCc1ccccc1)C(=O)Oc1ccc([N+](=O)[O-])cc1. The van der Waals surface area contributed by atoms with Gasteiger partial charge in [0, 0.05) is 12.1 Å². The van der Waals surface area contributed by atoms with Crippen LogP contribution in [-0.4, -0.2) is 48.6 Å². The van der Waals surface area contributed by atoms with Crippen LogP contribution >= 0.6 is 0 Å². The van der Waals surface area contributed by atoms with Gasteiger partial charge >= 0.3 is 18.0 Å². The summed E-state index contributed by atoms with van der Waals surface area (Å²) in [7, 11) is 1.10. The molecule has 0 aliphatic heterocycles. The van der Waals surface area contributed by atoms with Crippen molar-refractivity contribution < 1.29 is 38.3 Å². The average molecular weight is 459 g/mol. The second kappa shape index (κ2) is 12.4. The minimum absolute atomic E-state index is 0.000815. The molecule has 2 rings (SSSR count). The van der Waals surface area contributed by atoms with Crippen molar-refractivity contribution in [3.05, 3.63) is 70.3 Å².